The monoisotopic (exact) mass is 334 g/mol. The minimum Gasteiger partial charge on any atom is -0.481 e. The molecule has 2 aliphatic rings. The molecule has 4 heteroatoms. The second-order valence-electron chi connectivity index (χ2n) is 8.44. The van der Waals surface area contributed by atoms with Crippen molar-refractivity contribution in [2.24, 2.45) is 35.0 Å². The third-order valence-corrected chi connectivity index (χ3v) is 6.38. The van der Waals surface area contributed by atoms with E-state index in [2.05, 4.69) is 20.8 Å². The Balaban J connectivity index is 2.35. The molecule has 5 atom stereocenters. The van der Waals surface area contributed by atoms with Crippen LogP contribution in [-0.2, 0) is 14.4 Å². The fraction of sp³-hybridized carbons (Fsp3) is 0.750. The van der Waals surface area contributed by atoms with Gasteiger partial charge in [0.05, 0.1) is 5.92 Å². The number of hydrogen-bond donors (Lipinski definition) is 1. The summed E-state index contributed by atoms with van der Waals surface area (Å²) in [5, 5.41) is 9.48. The van der Waals surface area contributed by atoms with Crippen molar-refractivity contribution >= 4 is 17.5 Å². The zero-order chi connectivity index (χ0) is 18.2. The molecule has 5 unspecified atom stereocenters. The molecule has 0 bridgehead atoms. The van der Waals surface area contributed by atoms with Crippen LogP contribution < -0.4 is 0 Å². The Morgan fingerprint density at radius 3 is 2.50 bits per heavy atom. The van der Waals surface area contributed by atoms with Gasteiger partial charge >= 0.3 is 5.97 Å². The van der Waals surface area contributed by atoms with Crippen molar-refractivity contribution in [3.8, 4) is 0 Å². The number of aliphatic carboxylic acids is 1. The molecule has 2 aliphatic carbocycles. The van der Waals surface area contributed by atoms with Crippen molar-refractivity contribution in [1.82, 2.24) is 0 Å². The van der Waals surface area contributed by atoms with Crippen LogP contribution >= 0.6 is 0 Å². The van der Waals surface area contributed by atoms with Gasteiger partial charge in [-0.1, -0.05) is 39.3 Å². The van der Waals surface area contributed by atoms with E-state index in [9.17, 15) is 19.5 Å². The lowest BCUT2D eigenvalue weighted by Crippen LogP contribution is -2.33. The average Bonchev–Trinajstić information content (AvgIpc) is 3.02. The molecule has 0 saturated heterocycles. The Morgan fingerprint density at radius 1 is 1.29 bits per heavy atom. The van der Waals surface area contributed by atoms with E-state index in [1.807, 2.05) is 6.08 Å². The summed E-state index contributed by atoms with van der Waals surface area (Å²) in [6.45, 7) is 9.76. The second kappa shape index (κ2) is 6.81. The lowest BCUT2D eigenvalue weighted by atomic mass is 9.79. The Morgan fingerprint density at radius 2 is 1.92 bits per heavy atom. The predicted molar refractivity (Wildman–Crippen MR) is 92.5 cm³/mol. The van der Waals surface area contributed by atoms with Gasteiger partial charge < -0.3 is 5.11 Å². The van der Waals surface area contributed by atoms with Gasteiger partial charge in [0.1, 0.15) is 11.6 Å². The number of carbonyl (C=O) groups is 3. The molecule has 0 amide bonds. The third kappa shape index (κ3) is 3.62. The highest BCUT2D eigenvalue weighted by atomic mass is 16.4. The topological polar surface area (TPSA) is 71.4 Å². The maximum atomic E-state index is 12.9. The predicted octanol–water partition coefficient (Wildman–Crippen LogP) is 3.89. The molecule has 0 heterocycles. The summed E-state index contributed by atoms with van der Waals surface area (Å²) < 4.78 is 0. The van der Waals surface area contributed by atoms with Crippen LogP contribution in [0.3, 0.4) is 0 Å². The number of fused-ring (bicyclic) bond motifs is 1. The molecular weight excluding hydrogens is 304 g/mol. The first-order valence-electron chi connectivity index (χ1n) is 9.01. The molecule has 1 N–H and O–H groups in total. The zero-order valence-corrected chi connectivity index (χ0v) is 15.5. The highest BCUT2D eigenvalue weighted by Crippen LogP contribution is 2.65. The Labute approximate surface area is 144 Å². The normalized spacial score (nSPS) is 35.1. The molecule has 0 radical (unpaired) electrons. The van der Waals surface area contributed by atoms with Crippen LogP contribution in [0.2, 0.25) is 0 Å². The zero-order valence-electron chi connectivity index (χ0n) is 15.5. The van der Waals surface area contributed by atoms with Gasteiger partial charge in [-0.2, -0.15) is 0 Å². The molecule has 4 nitrogen and oxygen atoms in total. The number of rotatable bonds is 2. The number of hydrogen-bond acceptors (Lipinski definition) is 3. The van der Waals surface area contributed by atoms with Crippen LogP contribution in [0.5, 0.6) is 0 Å². The van der Waals surface area contributed by atoms with Gasteiger partial charge in [-0.15, -0.1) is 0 Å². The summed E-state index contributed by atoms with van der Waals surface area (Å²) >= 11 is 0. The number of carboxylic acids is 1. The van der Waals surface area contributed by atoms with Crippen LogP contribution in [0.1, 0.15) is 60.3 Å². The van der Waals surface area contributed by atoms with E-state index in [1.165, 1.54) is 5.57 Å². The van der Waals surface area contributed by atoms with Gasteiger partial charge in [-0.25, -0.2) is 0 Å². The van der Waals surface area contributed by atoms with E-state index in [0.717, 1.165) is 12.8 Å². The minimum atomic E-state index is -0.919. The highest BCUT2D eigenvalue weighted by Gasteiger charge is 2.62. The Kier molecular flexibility index (Phi) is 5.36. The quantitative estimate of drug-likeness (QED) is 0.778. The largest absolute Gasteiger partial charge is 0.481 e. The fourth-order valence-corrected chi connectivity index (χ4v) is 4.51. The van der Waals surface area contributed by atoms with Gasteiger partial charge in [0.15, 0.2) is 0 Å². The molecule has 0 aromatic heterocycles. The maximum absolute atomic E-state index is 12.9. The summed E-state index contributed by atoms with van der Waals surface area (Å²) in [6.07, 6.45) is 4.39. The number of ketones is 2. The van der Waals surface area contributed by atoms with Crippen molar-refractivity contribution < 1.29 is 19.5 Å². The average molecular weight is 334 g/mol. The van der Waals surface area contributed by atoms with Crippen molar-refractivity contribution in [1.29, 1.82) is 0 Å². The van der Waals surface area contributed by atoms with E-state index in [0.29, 0.717) is 12.3 Å². The first-order chi connectivity index (χ1) is 11.1. The van der Waals surface area contributed by atoms with Gasteiger partial charge in [0.25, 0.3) is 0 Å². The summed E-state index contributed by atoms with van der Waals surface area (Å²) in [4.78, 5) is 36.7. The summed E-state index contributed by atoms with van der Waals surface area (Å²) in [5.41, 5.74) is 1.21. The molecule has 0 aromatic rings. The van der Waals surface area contributed by atoms with Crippen LogP contribution in [0.15, 0.2) is 11.6 Å². The summed E-state index contributed by atoms with van der Waals surface area (Å²) in [7, 11) is 0. The molecule has 1 saturated carbocycles. The minimum absolute atomic E-state index is 0.00832. The number of carboxylic acid groups (broad SMARTS) is 1. The number of Topliss-reactive ketones (excluding diaryl/α,β-unsaturated/α-hetero) is 2. The Hall–Kier alpha value is -1.45. The first-order valence-corrected chi connectivity index (χ1v) is 9.01. The molecule has 134 valence electrons. The van der Waals surface area contributed by atoms with E-state index in [1.54, 1.807) is 13.8 Å². The molecular formula is C20H30O4. The summed E-state index contributed by atoms with van der Waals surface area (Å²) in [6, 6.07) is 0. The van der Waals surface area contributed by atoms with Gasteiger partial charge in [0.2, 0.25) is 0 Å². The Bertz CT molecular complexity index is 572. The smallest absolute Gasteiger partial charge is 0.306 e. The van der Waals surface area contributed by atoms with Crippen molar-refractivity contribution in [3.05, 3.63) is 11.6 Å². The first kappa shape index (κ1) is 18.9. The second-order valence-corrected chi connectivity index (χ2v) is 8.44. The van der Waals surface area contributed by atoms with Gasteiger partial charge in [-0.05, 0) is 37.0 Å². The number of carbonyl (C=O) groups excluding carboxylic acids is 2. The van der Waals surface area contributed by atoms with Crippen LogP contribution in [0.4, 0.5) is 0 Å². The molecule has 0 aromatic carbocycles. The van der Waals surface area contributed by atoms with E-state index >= 15 is 0 Å². The van der Waals surface area contributed by atoms with E-state index in [-0.39, 0.29) is 35.2 Å². The van der Waals surface area contributed by atoms with Crippen LogP contribution in [0, 0.1) is 35.0 Å². The van der Waals surface area contributed by atoms with Crippen molar-refractivity contribution in [2.75, 3.05) is 0 Å². The lowest BCUT2D eigenvalue weighted by Gasteiger charge is -2.23. The standard InChI is InChI=1S/C20H30O4/c1-11-6-8-14-18(20(14,4)5)17(13(3)19(23)24)16(22)10-12(2)15(21)9-7-11/h7,12-14,17-18H,6,8-10H2,1-5H3,(H,23,24). The van der Waals surface area contributed by atoms with Crippen LogP contribution in [-0.4, -0.2) is 22.6 Å². The van der Waals surface area contributed by atoms with Crippen molar-refractivity contribution in [3.63, 3.8) is 0 Å². The van der Waals surface area contributed by atoms with E-state index < -0.39 is 17.8 Å². The number of allylic oxidation sites excluding steroid dienone is 2. The SMILES string of the molecule is CC1=CCC(=O)C(C)CC(=O)C(C(C)C(=O)O)C2C(CC1)C2(C)C. The maximum Gasteiger partial charge on any atom is 0.306 e. The molecule has 1 fully saturated rings. The fourth-order valence-electron chi connectivity index (χ4n) is 4.51. The molecule has 24 heavy (non-hydrogen) atoms. The van der Waals surface area contributed by atoms with Gasteiger partial charge in [-0.3, -0.25) is 14.4 Å². The summed E-state index contributed by atoms with van der Waals surface area (Å²) in [5.74, 6) is -1.95. The third-order valence-electron chi connectivity index (χ3n) is 6.38. The van der Waals surface area contributed by atoms with E-state index in [4.69, 9.17) is 0 Å². The molecule has 0 aliphatic heterocycles. The molecule has 2 rings (SSSR count). The van der Waals surface area contributed by atoms with Gasteiger partial charge in [0, 0.05) is 24.7 Å². The van der Waals surface area contributed by atoms with Crippen LogP contribution in [0.25, 0.3) is 0 Å². The highest BCUT2D eigenvalue weighted by molar-refractivity contribution is 5.92. The lowest BCUT2D eigenvalue weighted by molar-refractivity contribution is -0.147. The molecule has 0 spiro atoms. The van der Waals surface area contributed by atoms with Crippen molar-refractivity contribution in [2.45, 2.75) is 60.3 Å².